The van der Waals surface area contributed by atoms with Crippen molar-refractivity contribution in [3.63, 3.8) is 0 Å². The Kier molecular flexibility index (Phi) is 5.06. The molecule has 4 aliphatic rings. The fourth-order valence-electron chi connectivity index (χ4n) is 8.39. The molecule has 1 aliphatic heterocycles. The molecule has 6 heteroatoms. The highest BCUT2D eigenvalue weighted by Crippen LogP contribution is 2.66. The predicted octanol–water partition coefficient (Wildman–Crippen LogP) is 5.45. The number of non-ortho nitro benzene ring substituents is 1. The number of likely N-dealkylation sites (tertiary alicyclic amines) is 1. The lowest BCUT2D eigenvalue weighted by molar-refractivity contribution is -0.384. The number of nitrogens with zero attached hydrogens (tertiary/aromatic N) is 2. The van der Waals surface area contributed by atoms with E-state index in [1.165, 1.54) is 25.0 Å². The molecule has 3 saturated carbocycles. The molecule has 0 spiro atoms. The first-order chi connectivity index (χ1) is 15.1. The number of hydrogen-bond donors (Lipinski definition) is 0. The molecule has 3 aliphatic carbocycles. The van der Waals surface area contributed by atoms with E-state index in [-0.39, 0.29) is 22.1 Å². The highest BCUT2D eigenvalue weighted by Gasteiger charge is 2.62. The molecule has 6 nitrogen and oxygen atoms in total. The molecule has 32 heavy (non-hydrogen) atoms. The Bertz CT molecular complexity index is 917. The van der Waals surface area contributed by atoms with Crippen molar-refractivity contribution in [2.45, 2.75) is 77.9 Å². The van der Waals surface area contributed by atoms with Gasteiger partial charge in [0.1, 0.15) is 5.75 Å². The monoisotopic (exact) mass is 440 g/mol. The predicted molar refractivity (Wildman–Crippen MR) is 122 cm³/mol. The summed E-state index contributed by atoms with van der Waals surface area (Å²) < 4.78 is 6.37. The van der Waals surface area contributed by atoms with Crippen molar-refractivity contribution >= 4 is 11.6 Å². The van der Waals surface area contributed by atoms with E-state index in [0.29, 0.717) is 47.5 Å². The van der Waals surface area contributed by atoms with Crippen LogP contribution in [0, 0.1) is 44.6 Å². The Balaban J connectivity index is 1.36. The normalized spacial score (nSPS) is 43.2. The molecule has 0 N–H and O–H groups in total. The van der Waals surface area contributed by atoms with Gasteiger partial charge in [-0.1, -0.05) is 20.8 Å². The van der Waals surface area contributed by atoms with E-state index < -0.39 is 0 Å². The van der Waals surface area contributed by atoms with Crippen LogP contribution in [-0.2, 0) is 4.79 Å². The van der Waals surface area contributed by atoms with Crippen LogP contribution in [0.15, 0.2) is 24.3 Å². The van der Waals surface area contributed by atoms with E-state index in [0.717, 1.165) is 31.4 Å². The van der Waals surface area contributed by atoms with Crippen LogP contribution in [0.1, 0.15) is 65.7 Å². The average Bonchev–Trinajstić information content (AvgIpc) is 3.09. The van der Waals surface area contributed by atoms with Gasteiger partial charge >= 0.3 is 0 Å². The van der Waals surface area contributed by atoms with E-state index in [4.69, 9.17) is 4.74 Å². The third-order valence-electron chi connectivity index (χ3n) is 10.0. The van der Waals surface area contributed by atoms with Crippen LogP contribution in [0.4, 0.5) is 5.69 Å². The molecular formula is C26H36N2O4. The molecule has 0 radical (unpaired) electrons. The van der Waals surface area contributed by atoms with Crippen LogP contribution >= 0.6 is 0 Å². The van der Waals surface area contributed by atoms with Crippen LogP contribution in [0.3, 0.4) is 0 Å². The molecule has 1 aromatic rings. The molecule has 1 heterocycles. The maximum Gasteiger partial charge on any atom is 0.269 e. The first-order valence-corrected chi connectivity index (χ1v) is 12.3. The van der Waals surface area contributed by atoms with Gasteiger partial charge in [0.05, 0.1) is 11.0 Å². The maximum absolute atomic E-state index is 12.4. The van der Waals surface area contributed by atoms with Crippen LogP contribution in [0.5, 0.6) is 5.75 Å². The first-order valence-electron chi connectivity index (χ1n) is 12.3. The maximum atomic E-state index is 12.4. The zero-order valence-electron chi connectivity index (χ0n) is 19.8. The summed E-state index contributed by atoms with van der Waals surface area (Å²) in [5.41, 5.74) is 0.612. The molecule has 4 unspecified atom stereocenters. The number of carbonyl (C=O) groups excluding carboxylic acids is 1. The minimum atomic E-state index is -0.371. The molecule has 1 amide bonds. The quantitative estimate of drug-likeness (QED) is 0.463. The molecule has 4 fully saturated rings. The standard InChI is InChI=1S/C26H36N2O4/c1-16-13-22-26(3,12-10-23(29)27(22)4)20-9-11-25(2)15-19(14-21(25)24(16)20)32-18-7-5-17(6-8-18)28(30)31/h5-8,16,19-22,24H,9-15H2,1-4H3/t16-,19-,20?,21?,22?,24?,25+,26+/m0/s1. The second kappa shape index (κ2) is 7.46. The number of rotatable bonds is 3. The number of piperidine rings is 1. The van der Waals surface area contributed by atoms with Crippen molar-refractivity contribution in [2.24, 2.45) is 34.5 Å². The summed E-state index contributed by atoms with van der Waals surface area (Å²) in [4.78, 5) is 25.1. The fraction of sp³-hybridized carbons (Fsp3) is 0.731. The summed E-state index contributed by atoms with van der Waals surface area (Å²) in [6, 6.07) is 6.89. The van der Waals surface area contributed by atoms with Gasteiger partial charge in [0, 0.05) is 31.6 Å². The number of hydrogen-bond acceptors (Lipinski definition) is 4. The first kappa shape index (κ1) is 21.7. The summed E-state index contributed by atoms with van der Waals surface area (Å²) in [5.74, 6) is 3.64. The lowest BCUT2D eigenvalue weighted by Gasteiger charge is -2.63. The molecule has 0 bridgehead atoms. The van der Waals surface area contributed by atoms with Gasteiger partial charge in [-0.25, -0.2) is 0 Å². The van der Waals surface area contributed by atoms with E-state index in [2.05, 4.69) is 25.7 Å². The van der Waals surface area contributed by atoms with Gasteiger partial charge in [0.15, 0.2) is 0 Å². The third-order valence-corrected chi connectivity index (χ3v) is 10.0. The highest BCUT2D eigenvalue weighted by molar-refractivity contribution is 5.77. The summed E-state index contributed by atoms with van der Waals surface area (Å²) in [7, 11) is 2.02. The van der Waals surface area contributed by atoms with Crippen LogP contribution in [0.2, 0.25) is 0 Å². The number of nitro benzene ring substituents is 1. The SMILES string of the molecule is C[C@H]1CC2N(C)C(=O)CC[C@]2(C)C2CC[C@]3(C)C[C@@H](Oc4ccc([N+](=O)[O-])cc4)CC3C21. The molecular weight excluding hydrogens is 404 g/mol. The van der Waals surface area contributed by atoms with E-state index >= 15 is 0 Å². The number of nitro groups is 1. The van der Waals surface area contributed by atoms with Crippen molar-refractivity contribution in [1.82, 2.24) is 4.90 Å². The minimum Gasteiger partial charge on any atom is -0.490 e. The number of carbonyl (C=O) groups is 1. The summed E-state index contributed by atoms with van der Waals surface area (Å²) in [5, 5.41) is 10.9. The molecule has 1 saturated heterocycles. The summed E-state index contributed by atoms with van der Waals surface area (Å²) >= 11 is 0. The highest BCUT2D eigenvalue weighted by atomic mass is 16.6. The Morgan fingerprint density at radius 2 is 1.84 bits per heavy atom. The van der Waals surface area contributed by atoms with E-state index in [1.807, 2.05) is 7.05 Å². The average molecular weight is 441 g/mol. The third kappa shape index (κ3) is 3.24. The molecule has 1 aromatic carbocycles. The van der Waals surface area contributed by atoms with E-state index in [1.54, 1.807) is 12.1 Å². The molecule has 5 rings (SSSR count). The van der Waals surface area contributed by atoms with Crippen LogP contribution < -0.4 is 4.74 Å². The second-order valence-corrected chi connectivity index (χ2v) is 11.7. The Morgan fingerprint density at radius 3 is 2.53 bits per heavy atom. The Hall–Kier alpha value is -2.11. The van der Waals surface area contributed by atoms with Gasteiger partial charge in [-0.3, -0.25) is 14.9 Å². The van der Waals surface area contributed by atoms with Gasteiger partial charge in [-0.05, 0) is 85.2 Å². The van der Waals surface area contributed by atoms with Crippen molar-refractivity contribution in [2.75, 3.05) is 7.05 Å². The Morgan fingerprint density at radius 1 is 1.12 bits per heavy atom. The lowest BCUT2D eigenvalue weighted by atomic mass is 9.45. The van der Waals surface area contributed by atoms with Crippen molar-refractivity contribution < 1.29 is 14.5 Å². The molecule has 0 aromatic heterocycles. The van der Waals surface area contributed by atoms with Crippen molar-refractivity contribution in [3.8, 4) is 5.75 Å². The number of benzene rings is 1. The van der Waals surface area contributed by atoms with Gasteiger partial charge in [0.2, 0.25) is 5.91 Å². The van der Waals surface area contributed by atoms with Gasteiger partial charge in [-0.15, -0.1) is 0 Å². The Labute approximate surface area is 190 Å². The summed E-state index contributed by atoms with van der Waals surface area (Å²) in [6.07, 6.45) is 7.60. The topological polar surface area (TPSA) is 72.7 Å². The minimum absolute atomic E-state index is 0.0991. The van der Waals surface area contributed by atoms with Crippen LogP contribution in [0.25, 0.3) is 0 Å². The number of fused-ring (bicyclic) bond motifs is 5. The second-order valence-electron chi connectivity index (χ2n) is 11.7. The number of amides is 1. The van der Waals surface area contributed by atoms with Crippen molar-refractivity contribution in [1.29, 1.82) is 0 Å². The molecule has 174 valence electrons. The van der Waals surface area contributed by atoms with Crippen LogP contribution in [-0.4, -0.2) is 34.9 Å². The number of ether oxygens (including phenoxy) is 1. The van der Waals surface area contributed by atoms with Crippen molar-refractivity contribution in [3.05, 3.63) is 34.4 Å². The summed E-state index contributed by atoms with van der Waals surface area (Å²) in [6.45, 7) is 7.35. The van der Waals surface area contributed by atoms with E-state index in [9.17, 15) is 14.9 Å². The fourth-order valence-corrected chi connectivity index (χ4v) is 8.39. The largest absolute Gasteiger partial charge is 0.490 e. The van der Waals surface area contributed by atoms with Gasteiger partial charge < -0.3 is 9.64 Å². The van der Waals surface area contributed by atoms with Gasteiger partial charge in [-0.2, -0.15) is 0 Å². The smallest absolute Gasteiger partial charge is 0.269 e. The zero-order valence-corrected chi connectivity index (χ0v) is 19.8. The van der Waals surface area contributed by atoms with Gasteiger partial charge in [0.25, 0.3) is 5.69 Å². The molecule has 8 atom stereocenters. The lowest BCUT2D eigenvalue weighted by Crippen LogP contribution is -2.62. The zero-order chi connectivity index (χ0) is 22.8.